The highest BCUT2D eigenvalue weighted by molar-refractivity contribution is 7.98. The molecule has 6 nitrogen and oxygen atoms in total. The molecular weight excluding hydrogens is 322 g/mol. The molecule has 8 heteroatoms. The molecule has 3 aromatic rings. The zero-order valence-corrected chi connectivity index (χ0v) is 13.9. The van der Waals surface area contributed by atoms with Crippen LogP contribution in [0.25, 0.3) is 5.78 Å². The van der Waals surface area contributed by atoms with Gasteiger partial charge in [0.2, 0.25) is 10.9 Å². The quantitative estimate of drug-likeness (QED) is 0.543. The van der Waals surface area contributed by atoms with Crippen LogP contribution in [0, 0.1) is 13.8 Å². The van der Waals surface area contributed by atoms with Crippen LogP contribution >= 0.6 is 23.4 Å². The maximum absolute atomic E-state index is 12.3. The Morgan fingerprint density at radius 1 is 1.32 bits per heavy atom. The molecule has 0 radical (unpaired) electrons. The van der Waals surface area contributed by atoms with E-state index in [1.807, 2.05) is 23.8 Å². The highest BCUT2D eigenvalue weighted by Crippen LogP contribution is 2.15. The van der Waals surface area contributed by atoms with E-state index < -0.39 is 0 Å². The Morgan fingerprint density at radius 2 is 2.09 bits per heavy atom. The fraction of sp³-hybridized carbons (Fsp3) is 0.286. The van der Waals surface area contributed by atoms with Gasteiger partial charge in [0.15, 0.2) is 0 Å². The largest absolute Gasteiger partial charge is 0.309 e. The number of nitrogens with zero attached hydrogens (tertiary/aromatic N) is 5. The maximum atomic E-state index is 12.3. The van der Waals surface area contributed by atoms with Crippen LogP contribution in [-0.2, 0) is 6.54 Å². The van der Waals surface area contributed by atoms with E-state index in [0.29, 0.717) is 28.2 Å². The van der Waals surface area contributed by atoms with Crippen LogP contribution in [0.2, 0.25) is 5.15 Å². The lowest BCUT2D eigenvalue weighted by Crippen LogP contribution is -2.24. The number of rotatable bonds is 3. The highest BCUT2D eigenvalue weighted by atomic mass is 35.5. The Bertz CT molecular complexity index is 900. The fourth-order valence-electron chi connectivity index (χ4n) is 2.22. The zero-order valence-electron chi connectivity index (χ0n) is 12.4. The first-order chi connectivity index (χ1) is 10.5. The average Bonchev–Trinajstić information content (AvgIpc) is 2.95. The molecule has 114 valence electrons. The summed E-state index contributed by atoms with van der Waals surface area (Å²) in [4.78, 5) is 20.9. The summed E-state index contributed by atoms with van der Waals surface area (Å²) in [5.74, 6) is 0.535. The minimum absolute atomic E-state index is 0.134. The molecule has 0 bridgehead atoms. The normalized spacial score (nSPS) is 11.3. The van der Waals surface area contributed by atoms with Crippen LogP contribution in [0.5, 0.6) is 0 Å². The van der Waals surface area contributed by atoms with E-state index in [1.54, 1.807) is 19.2 Å². The van der Waals surface area contributed by atoms with Gasteiger partial charge in [-0.25, -0.2) is 4.98 Å². The number of pyridine rings is 1. The minimum Gasteiger partial charge on any atom is -0.309 e. The van der Waals surface area contributed by atoms with Crippen LogP contribution < -0.4 is 5.56 Å². The number of hydrogen-bond donors (Lipinski definition) is 0. The second-order valence-electron chi connectivity index (χ2n) is 4.90. The molecule has 22 heavy (non-hydrogen) atoms. The van der Waals surface area contributed by atoms with Gasteiger partial charge in [-0.15, -0.1) is 5.10 Å². The van der Waals surface area contributed by atoms with Crippen molar-refractivity contribution in [3.05, 3.63) is 50.7 Å². The zero-order chi connectivity index (χ0) is 15.9. The third-order valence-electron chi connectivity index (χ3n) is 3.58. The molecule has 0 unspecified atom stereocenters. The first kappa shape index (κ1) is 15.1. The monoisotopic (exact) mass is 335 g/mol. The number of thioether (sulfide) groups is 1. The summed E-state index contributed by atoms with van der Waals surface area (Å²) in [6.45, 7) is 4.26. The molecule has 3 rings (SSSR count). The van der Waals surface area contributed by atoms with Crippen LogP contribution in [-0.4, -0.2) is 30.4 Å². The third-order valence-corrected chi connectivity index (χ3v) is 4.35. The molecule has 0 saturated carbocycles. The fourth-order valence-corrected chi connectivity index (χ4v) is 2.67. The van der Waals surface area contributed by atoms with E-state index in [-0.39, 0.29) is 5.56 Å². The van der Waals surface area contributed by atoms with Crippen molar-refractivity contribution in [2.24, 2.45) is 0 Å². The molecule has 0 spiro atoms. The second-order valence-corrected chi connectivity index (χ2v) is 6.06. The summed E-state index contributed by atoms with van der Waals surface area (Å²) >= 11 is 7.23. The van der Waals surface area contributed by atoms with E-state index in [2.05, 4.69) is 15.1 Å². The third kappa shape index (κ3) is 2.50. The number of halogens is 1. The number of hydrogen-bond acceptors (Lipinski definition) is 5. The van der Waals surface area contributed by atoms with Gasteiger partial charge in [0.05, 0.1) is 6.54 Å². The Hall–Kier alpha value is -1.86. The van der Waals surface area contributed by atoms with Crippen LogP contribution in [0.4, 0.5) is 0 Å². The van der Waals surface area contributed by atoms with Crippen molar-refractivity contribution < 1.29 is 0 Å². The molecule has 3 heterocycles. The summed E-state index contributed by atoms with van der Waals surface area (Å²) < 4.78 is 3.33. The molecular formula is C14H14ClN5OS. The molecule has 0 N–H and O–H groups in total. The van der Waals surface area contributed by atoms with Gasteiger partial charge in [-0.1, -0.05) is 29.4 Å². The molecule has 0 atom stereocenters. The molecule has 0 aliphatic rings. The summed E-state index contributed by atoms with van der Waals surface area (Å²) in [7, 11) is 0. The summed E-state index contributed by atoms with van der Waals surface area (Å²) in [6.07, 6.45) is 3.60. The predicted molar refractivity (Wildman–Crippen MR) is 86.9 cm³/mol. The van der Waals surface area contributed by atoms with Crippen molar-refractivity contribution in [3.63, 3.8) is 0 Å². The van der Waals surface area contributed by atoms with E-state index in [4.69, 9.17) is 11.6 Å². The van der Waals surface area contributed by atoms with Gasteiger partial charge in [-0.05, 0) is 31.7 Å². The molecule has 0 aliphatic carbocycles. The van der Waals surface area contributed by atoms with Crippen LogP contribution in [0.15, 0.2) is 28.3 Å². The van der Waals surface area contributed by atoms with Gasteiger partial charge in [0, 0.05) is 17.5 Å². The van der Waals surface area contributed by atoms with Gasteiger partial charge < -0.3 is 4.57 Å². The maximum Gasteiger partial charge on any atom is 0.278 e. The number of fused-ring (bicyclic) bond motifs is 1. The predicted octanol–water partition coefficient (Wildman–Crippen LogP) is 2.33. The summed E-state index contributed by atoms with van der Waals surface area (Å²) in [5.41, 5.74) is 2.37. The minimum atomic E-state index is -0.134. The Balaban J connectivity index is 2.21. The van der Waals surface area contributed by atoms with Crippen molar-refractivity contribution in [1.82, 2.24) is 24.1 Å². The van der Waals surface area contributed by atoms with E-state index in [0.717, 1.165) is 11.3 Å². The van der Waals surface area contributed by atoms with Crippen molar-refractivity contribution in [2.75, 3.05) is 6.26 Å². The van der Waals surface area contributed by atoms with Crippen molar-refractivity contribution in [1.29, 1.82) is 0 Å². The van der Waals surface area contributed by atoms with Crippen molar-refractivity contribution >= 4 is 29.1 Å². The van der Waals surface area contributed by atoms with Gasteiger partial charge in [-0.3, -0.25) is 4.79 Å². The Morgan fingerprint density at radius 3 is 2.73 bits per heavy atom. The lowest BCUT2D eigenvalue weighted by atomic mass is 10.2. The molecule has 3 aromatic heterocycles. The molecule has 0 fully saturated rings. The summed E-state index contributed by atoms with van der Waals surface area (Å²) in [5, 5.41) is 5.27. The van der Waals surface area contributed by atoms with Crippen LogP contribution in [0.1, 0.15) is 16.8 Å². The van der Waals surface area contributed by atoms with Crippen molar-refractivity contribution in [3.8, 4) is 0 Å². The molecule has 0 aromatic carbocycles. The number of aromatic nitrogens is 5. The first-order valence-corrected chi connectivity index (χ1v) is 8.22. The first-order valence-electron chi connectivity index (χ1n) is 6.62. The van der Waals surface area contributed by atoms with E-state index >= 15 is 0 Å². The van der Waals surface area contributed by atoms with Gasteiger partial charge in [0.25, 0.3) is 5.56 Å². The summed E-state index contributed by atoms with van der Waals surface area (Å²) in [6, 6.07) is 3.65. The lowest BCUT2D eigenvalue weighted by molar-refractivity contribution is 0.717. The Kier molecular flexibility index (Phi) is 3.92. The van der Waals surface area contributed by atoms with E-state index in [1.165, 1.54) is 16.3 Å². The highest BCUT2D eigenvalue weighted by Gasteiger charge is 2.15. The van der Waals surface area contributed by atoms with Gasteiger partial charge in [0.1, 0.15) is 5.15 Å². The second kappa shape index (κ2) is 5.73. The van der Waals surface area contributed by atoms with Gasteiger partial charge in [-0.2, -0.15) is 9.50 Å². The smallest absolute Gasteiger partial charge is 0.278 e. The Labute approximate surface area is 136 Å². The molecule has 0 saturated heterocycles. The van der Waals surface area contributed by atoms with Crippen LogP contribution in [0.3, 0.4) is 0 Å². The van der Waals surface area contributed by atoms with Gasteiger partial charge >= 0.3 is 0 Å². The molecule has 0 amide bonds. The standard InChI is InChI=1S/C14H14ClN5OS/c1-8-9(2)19(7-10-4-5-11(15)16-6-10)14-17-13(22-3)18-20(14)12(8)21/h4-6H,7H2,1-3H3. The van der Waals surface area contributed by atoms with E-state index in [9.17, 15) is 4.79 Å². The lowest BCUT2D eigenvalue weighted by Gasteiger charge is -2.13. The SMILES string of the molecule is CSc1nc2n(Cc3ccc(Cl)nc3)c(C)c(C)c(=O)n2n1. The van der Waals surface area contributed by atoms with Crippen molar-refractivity contribution in [2.45, 2.75) is 25.5 Å². The average molecular weight is 336 g/mol. The molecule has 0 aliphatic heterocycles. The topological polar surface area (TPSA) is 65.1 Å².